The van der Waals surface area contributed by atoms with Crippen LogP contribution in [0, 0.1) is 18.3 Å². The van der Waals surface area contributed by atoms with Crippen molar-refractivity contribution in [2.75, 3.05) is 12.4 Å². The first-order valence-corrected chi connectivity index (χ1v) is 10.6. The van der Waals surface area contributed by atoms with Crippen molar-refractivity contribution in [2.24, 2.45) is 0 Å². The summed E-state index contributed by atoms with van der Waals surface area (Å²) in [7, 11) is 1.98. The van der Waals surface area contributed by atoms with Crippen LogP contribution in [0.1, 0.15) is 60.3 Å². The summed E-state index contributed by atoms with van der Waals surface area (Å²) in [5, 5.41) is 12.3. The van der Waals surface area contributed by atoms with Gasteiger partial charge in [-0.3, -0.25) is 0 Å². The van der Waals surface area contributed by atoms with Crippen molar-refractivity contribution in [3.05, 3.63) is 94.1 Å². The second-order valence-corrected chi connectivity index (χ2v) is 8.15. The highest BCUT2D eigenvalue weighted by Crippen LogP contribution is 2.38. The zero-order valence-corrected chi connectivity index (χ0v) is 17.3. The maximum absolute atomic E-state index is 9.03. The molecule has 1 N–H and O–H groups in total. The van der Waals surface area contributed by atoms with Gasteiger partial charge in [0.2, 0.25) is 0 Å². The highest BCUT2D eigenvalue weighted by molar-refractivity contribution is 5.87. The van der Waals surface area contributed by atoms with Crippen molar-refractivity contribution < 1.29 is 0 Å². The predicted molar refractivity (Wildman–Crippen MR) is 122 cm³/mol. The van der Waals surface area contributed by atoms with Gasteiger partial charge in [0.25, 0.3) is 0 Å². The van der Waals surface area contributed by atoms with E-state index in [9.17, 15) is 0 Å². The molecule has 0 aromatic heterocycles. The molecule has 2 aliphatic rings. The molecule has 0 amide bonds. The van der Waals surface area contributed by atoms with Crippen LogP contribution in [0.4, 0.5) is 5.69 Å². The fourth-order valence-electron chi connectivity index (χ4n) is 4.32. The third-order valence-corrected chi connectivity index (χ3v) is 6.18. The number of hydrogen-bond acceptors (Lipinski definition) is 2. The molecule has 146 valence electrons. The molecule has 29 heavy (non-hydrogen) atoms. The number of anilines is 1. The van der Waals surface area contributed by atoms with Crippen LogP contribution >= 0.6 is 0 Å². The Morgan fingerprint density at radius 3 is 2.55 bits per heavy atom. The quantitative estimate of drug-likeness (QED) is 0.585. The van der Waals surface area contributed by atoms with E-state index in [1.165, 1.54) is 53.5 Å². The van der Waals surface area contributed by atoms with E-state index in [0.29, 0.717) is 5.92 Å². The normalized spacial score (nSPS) is 19.6. The molecule has 0 radical (unpaired) electrons. The van der Waals surface area contributed by atoms with Gasteiger partial charge < -0.3 is 5.32 Å². The highest BCUT2D eigenvalue weighted by atomic mass is 14.8. The average molecular weight is 381 g/mol. The first kappa shape index (κ1) is 19.3. The van der Waals surface area contributed by atoms with Crippen LogP contribution in [0.3, 0.4) is 0 Å². The van der Waals surface area contributed by atoms with Crippen LogP contribution in [-0.4, -0.2) is 7.05 Å². The number of hydrogen-bond donors (Lipinski definition) is 1. The lowest BCUT2D eigenvalue weighted by molar-refractivity contribution is 0.595. The number of benzene rings is 2. The molecule has 0 spiro atoms. The molecule has 1 fully saturated rings. The molecule has 4 rings (SSSR count). The number of aryl methyl sites for hydroxylation is 1. The fourth-order valence-corrected chi connectivity index (χ4v) is 4.32. The number of nitriles is 1. The Balaban J connectivity index is 1.55. The molecule has 1 saturated carbocycles. The first-order chi connectivity index (χ1) is 14.2. The van der Waals surface area contributed by atoms with Crippen molar-refractivity contribution in [2.45, 2.75) is 44.9 Å². The summed E-state index contributed by atoms with van der Waals surface area (Å²) in [6.07, 6.45) is 12.8. The molecule has 0 aliphatic heterocycles. The van der Waals surface area contributed by atoms with Gasteiger partial charge in [-0.05, 0) is 97.0 Å². The lowest BCUT2D eigenvalue weighted by Gasteiger charge is -2.14. The Bertz CT molecular complexity index is 1020. The maximum atomic E-state index is 9.03. The number of nitrogens with one attached hydrogen (secondary N) is 1. The molecule has 0 heterocycles. The molecule has 2 heteroatoms. The van der Waals surface area contributed by atoms with Crippen LogP contribution in [0.25, 0.3) is 5.57 Å². The third kappa shape index (κ3) is 4.51. The van der Waals surface area contributed by atoms with Gasteiger partial charge in [0, 0.05) is 12.7 Å². The van der Waals surface area contributed by atoms with Crippen molar-refractivity contribution in [3.63, 3.8) is 0 Å². The lowest BCUT2D eigenvalue weighted by Crippen LogP contribution is -1.97. The van der Waals surface area contributed by atoms with Gasteiger partial charge in [-0.15, -0.1) is 0 Å². The van der Waals surface area contributed by atoms with Gasteiger partial charge in [-0.25, -0.2) is 0 Å². The Hall–Kier alpha value is -3.05. The van der Waals surface area contributed by atoms with E-state index in [1.54, 1.807) is 5.57 Å². The summed E-state index contributed by atoms with van der Waals surface area (Å²) >= 11 is 0. The minimum Gasteiger partial charge on any atom is -0.388 e. The van der Waals surface area contributed by atoms with E-state index in [-0.39, 0.29) is 0 Å². The molecular formula is C27H28N2. The molecule has 0 bridgehead atoms. The second-order valence-electron chi connectivity index (χ2n) is 8.15. The highest BCUT2D eigenvalue weighted by Gasteiger charge is 2.19. The molecule has 1 atom stereocenters. The summed E-state index contributed by atoms with van der Waals surface area (Å²) in [5.41, 5.74) is 10.2. The molecule has 0 saturated heterocycles. The lowest BCUT2D eigenvalue weighted by atomic mass is 9.91. The Morgan fingerprint density at radius 1 is 1.07 bits per heavy atom. The molecule has 2 aliphatic carbocycles. The number of nitrogens with zero attached hydrogens (tertiary/aromatic N) is 1. The number of allylic oxidation sites excluding steroid dienone is 6. The Labute approximate surface area is 174 Å². The summed E-state index contributed by atoms with van der Waals surface area (Å²) in [6, 6.07) is 17.0. The minimum atomic E-state index is 0.596. The van der Waals surface area contributed by atoms with Crippen LogP contribution < -0.4 is 5.32 Å². The van der Waals surface area contributed by atoms with Crippen LogP contribution in [0.5, 0.6) is 0 Å². The van der Waals surface area contributed by atoms with E-state index in [0.717, 1.165) is 17.7 Å². The fraction of sp³-hybridized carbons (Fsp3) is 0.296. The van der Waals surface area contributed by atoms with Crippen molar-refractivity contribution in [1.82, 2.24) is 0 Å². The van der Waals surface area contributed by atoms with Crippen LogP contribution in [-0.2, 0) is 0 Å². The first-order valence-electron chi connectivity index (χ1n) is 10.6. The monoisotopic (exact) mass is 380 g/mol. The third-order valence-electron chi connectivity index (χ3n) is 6.18. The zero-order valence-electron chi connectivity index (χ0n) is 17.3. The molecule has 2 aromatic carbocycles. The van der Waals surface area contributed by atoms with Gasteiger partial charge in [-0.1, -0.05) is 42.0 Å². The summed E-state index contributed by atoms with van der Waals surface area (Å²) < 4.78 is 0. The molecule has 2 nitrogen and oxygen atoms in total. The Kier molecular flexibility index (Phi) is 5.67. The van der Waals surface area contributed by atoms with E-state index in [4.69, 9.17) is 5.26 Å². The topological polar surface area (TPSA) is 35.8 Å². The number of rotatable bonds is 4. The minimum absolute atomic E-state index is 0.596. The largest absolute Gasteiger partial charge is 0.388 e. The maximum Gasteiger partial charge on any atom is 0.0991 e. The van der Waals surface area contributed by atoms with Crippen LogP contribution in [0.2, 0.25) is 0 Å². The van der Waals surface area contributed by atoms with Crippen LogP contribution in [0.15, 0.2) is 71.8 Å². The smallest absolute Gasteiger partial charge is 0.0991 e. The van der Waals surface area contributed by atoms with Gasteiger partial charge in [0.15, 0.2) is 0 Å². The second kappa shape index (κ2) is 8.53. The molecule has 1 unspecified atom stereocenters. The predicted octanol–water partition coefficient (Wildman–Crippen LogP) is 6.91. The van der Waals surface area contributed by atoms with E-state index >= 15 is 0 Å². The Morgan fingerprint density at radius 2 is 1.86 bits per heavy atom. The summed E-state index contributed by atoms with van der Waals surface area (Å²) in [4.78, 5) is 0. The van der Waals surface area contributed by atoms with Gasteiger partial charge >= 0.3 is 0 Å². The summed E-state index contributed by atoms with van der Waals surface area (Å²) in [6.45, 7) is 2.20. The molecular weight excluding hydrogens is 352 g/mol. The SMILES string of the molecule is CNc1ccc(C)c(C(/C=C2/CCCC(c3ccc(C#N)cc3)CC2)=C2C=C2)c1. The molecule has 2 aromatic rings. The van der Waals surface area contributed by atoms with Crippen molar-refractivity contribution in [1.29, 1.82) is 5.26 Å². The van der Waals surface area contributed by atoms with Gasteiger partial charge in [-0.2, -0.15) is 5.26 Å². The summed E-state index contributed by atoms with van der Waals surface area (Å²) in [5.74, 6) is 0.596. The average Bonchev–Trinajstić information content (AvgIpc) is 3.60. The van der Waals surface area contributed by atoms with E-state index in [2.05, 4.69) is 66.9 Å². The van der Waals surface area contributed by atoms with Crippen molar-refractivity contribution >= 4 is 11.3 Å². The van der Waals surface area contributed by atoms with Gasteiger partial charge in [0.05, 0.1) is 11.6 Å². The van der Waals surface area contributed by atoms with Gasteiger partial charge in [0.1, 0.15) is 0 Å². The zero-order chi connectivity index (χ0) is 20.2. The van der Waals surface area contributed by atoms with E-state index < -0.39 is 0 Å². The van der Waals surface area contributed by atoms with Crippen molar-refractivity contribution in [3.8, 4) is 6.07 Å². The standard InChI is InChI=1S/C27H28N2/c1-19-6-15-25(29-2)17-26(19)27(24-13-14-24)16-20-4-3-5-22(10-7-20)23-11-8-21(18-28)9-12-23/h6,8-9,11-17,22,29H,3-5,7,10H2,1-2H3/b20-16-. The van der Waals surface area contributed by atoms with E-state index in [1.807, 2.05) is 19.2 Å².